The molecular formula is C15H19N3O2S. The molecule has 1 aromatic heterocycles. The summed E-state index contributed by atoms with van der Waals surface area (Å²) in [6, 6.07) is 7.94. The first-order chi connectivity index (χ1) is 10.2. The first-order valence-corrected chi connectivity index (χ1v) is 7.60. The number of nitrogens with two attached hydrogens (primary N) is 1. The van der Waals surface area contributed by atoms with E-state index in [4.69, 9.17) is 10.5 Å². The maximum atomic E-state index is 12.0. The van der Waals surface area contributed by atoms with Crippen molar-refractivity contribution in [2.75, 3.05) is 13.7 Å². The monoisotopic (exact) mass is 305 g/mol. The van der Waals surface area contributed by atoms with Crippen LogP contribution in [0.15, 0.2) is 29.6 Å². The topological polar surface area (TPSA) is 77.2 Å². The molecule has 0 unspecified atom stereocenters. The van der Waals surface area contributed by atoms with E-state index in [1.165, 1.54) is 11.3 Å². The standard InChI is InChI=1S/C15H19N3O2S/c1-20-9-12-4-2-3-11(7-12)8-17-15(19)13-10-21-14(18-13)5-6-16/h2-4,7,10H,5-6,8-9,16H2,1H3,(H,17,19). The molecule has 3 N–H and O–H groups in total. The molecule has 0 aliphatic heterocycles. The van der Waals surface area contributed by atoms with Crippen molar-refractivity contribution >= 4 is 17.2 Å². The zero-order valence-corrected chi connectivity index (χ0v) is 12.8. The van der Waals surface area contributed by atoms with Gasteiger partial charge in [0.2, 0.25) is 0 Å². The van der Waals surface area contributed by atoms with E-state index in [0.717, 1.165) is 16.1 Å². The second-order valence-corrected chi connectivity index (χ2v) is 5.54. The number of nitrogens with one attached hydrogen (secondary N) is 1. The second kappa shape index (κ2) is 7.87. The van der Waals surface area contributed by atoms with Gasteiger partial charge >= 0.3 is 0 Å². The minimum Gasteiger partial charge on any atom is -0.380 e. The number of nitrogens with zero attached hydrogens (tertiary/aromatic N) is 1. The fourth-order valence-corrected chi connectivity index (χ4v) is 2.72. The Balaban J connectivity index is 1.92. The molecule has 0 saturated carbocycles. The van der Waals surface area contributed by atoms with Crippen LogP contribution >= 0.6 is 11.3 Å². The van der Waals surface area contributed by atoms with Crippen LogP contribution in [0.1, 0.15) is 26.6 Å². The molecule has 21 heavy (non-hydrogen) atoms. The number of thiazole rings is 1. The molecule has 0 aliphatic rings. The van der Waals surface area contributed by atoms with Crippen LogP contribution in [0.5, 0.6) is 0 Å². The van der Waals surface area contributed by atoms with Gasteiger partial charge in [0, 0.05) is 25.5 Å². The quantitative estimate of drug-likeness (QED) is 0.816. The molecular weight excluding hydrogens is 286 g/mol. The van der Waals surface area contributed by atoms with Crippen molar-refractivity contribution in [3.63, 3.8) is 0 Å². The van der Waals surface area contributed by atoms with Crippen LogP contribution in [-0.4, -0.2) is 24.5 Å². The number of carbonyl (C=O) groups excluding carboxylic acids is 1. The fraction of sp³-hybridized carbons (Fsp3) is 0.333. The van der Waals surface area contributed by atoms with E-state index in [9.17, 15) is 4.79 Å². The number of rotatable bonds is 7. The summed E-state index contributed by atoms with van der Waals surface area (Å²) in [6.45, 7) is 1.58. The predicted molar refractivity (Wildman–Crippen MR) is 83.2 cm³/mol. The predicted octanol–water partition coefficient (Wildman–Crippen LogP) is 1.72. The van der Waals surface area contributed by atoms with Crippen molar-refractivity contribution in [2.45, 2.75) is 19.6 Å². The first-order valence-electron chi connectivity index (χ1n) is 6.72. The summed E-state index contributed by atoms with van der Waals surface area (Å²) < 4.78 is 5.10. The molecule has 1 amide bonds. The Labute approximate surface area is 128 Å². The molecule has 0 fully saturated rings. The van der Waals surface area contributed by atoms with E-state index in [2.05, 4.69) is 10.3 Å². The lowest BCUT2D eigenvalue weighted by molar-refractivity contribution is 0.0946. The second-order valence-electron chi connectivity index (χ2n) is 4.60. The first kappa shape index (κ1) is 15.6. The van der Waals surface area contributed by atoms with Gasteiger partial charge in [-0.25, -0.2) is 4.98 Å². The Bertz CT molecular complexity index is 598. The van der Waals surface area contributed by atoms with Crippen molar-refractivity contribution in [1.82, 2.24) is 10.3 Å². The lowest BCUT2D eigenvalue weighted by atomic mass is 10.1. The van der Waals surface area contributed by atoms with Crippen molar-refractivity contribution in [2.24, 2.45) is 5.73 Å². The molecule has 0 bridgehead atoms. The Morgan fingerprint density at radius 2 is 2.24 bits per heavy atom. The third kappa shape index (κ3) is 4.63. The molecule has 2 rings (SSSR count). The van der Waals surface area contributed by atoms with Gasteiger partial charge < -0.3 is 15.8 Å². The average Bonchev–Trinajstić information content (AvgIpc) is 2.95. The van der Waals surface area contributed by atoms with Crippen LogP contribution in [0.2, 0.25) is 0 Å². The van der Waals surface area contributed by atoms with Crippen LogP contribution in [0, 0.1) is 0 Å². The van der Waals surface area contributed by atoms with Crippen LogP contribution in [0.3, 0.4) is 0 Å². The molecule has 0 spiro atoms. The number of hydrogen-bond acceptors (Lipinski definition) is 5. The number of benzene rings is 1. The minimum atomic E-state index is -0.160. The van der Waals surface area contributed by atoms with Gasteiger partial charge in [0.05, 0.1) is 11.6 Å². The molecule has 5 nitrogen and oxygen atoms in total. The highest BCUT2D eigenvalue weighted by atomic mass is 32.1. The number of aromatic nitrogens is 1. The van der Waals surface area contributed by atoms with Crippen LogP contribution in [0.4, 0.5) is 0 Å². The van der Waals surface area contributed by atoms with E-state index in [0.29, 0.717) is 31.8 Å². The normalized spacial score (nSPS) is 10.6. The van der Waals surface area contributed by atoms with Crippen LogP contribution < -0.4 is 11.1 Å². The average molecular weight is 305 g/mol. The highest BCUT2D eigenvalue weighted by Crippen LogP contribution is 2.11. The summed E-state index contributed by atoms with van der Waals surface area (Å²) in [7, 11) is 1.66. The highest BCUT2D eigenvalue weighted by molar-refractivity contribution is 7.09. The van der Waals surface area contributed by atoms with Crippen LogP contribution in [0.25, 0.3) is 0 Å². The molecule has 1 aromatic carbocycles. The Kier molecular flexibility index (Phi) is 5.86. The lowest BCUT2D eigenvalue weighted by Crippen LogP contribution is -2.23. The van der Waals surface area contributed by atoms with Gasteiger partial charge in [-0.3, -0.25) is 4.79 Å². The fourth-order valence-electron chi connectivity index (χ4n) is 1.92. The van der Waals surface area contributed by atoms with Gasteiger partial charge in [0.15, 0.2) is 0 Å². The molecule has 0 atom stereocenters. The van der Waals surface area contributed by atoms with Crippen molar-refractivity contribution in [1.29, 1.82) is 0 Å². The third-order valence-electron chi connectivity index (χ3n) is 2.90. The zero-order valence-electron chi connectivity index (χ0n) is 12.0. The molecule has 1 heterocycles. The largest absolute Gasteiger partial charge is 0.380 e. The Hall–Kier alpha value is -1.76. The maximum absolute atomic E-state index is 12.0. The number of ether oxygens (including phenoxy) is 1. The van der Waals surface area contributed by atoms with E-state index in [-0.39, 0.29) is 5.91 Å². The van der Waals surface area contributed by atoms with Crippen molar-refractivity contribution in [3.05, 3.63) is 51.5 Å². The van der Waals surface area contributed by atoms with Gasteiger partial charge in [-0.05, 0) is 17.7 Å². The summed E-state index contributed by atoms with van der Waals surface area (Å²) in [5, 5.41) is 5.53. The smallest absolute Gasteiger partial charge is 0.271 e. The number of methoxy groups -OCH3 is 1. The Morgan fingerprint density at radius 3 is 3.00 bits per heavy atom. The van der Waals surface area contributed by atoms with E-state index in [1.807, 2.05) is 24.3 Å². The molecule has 0 aliphatic carbocycles. The van der Waals surface area contributed by atoms with Gasteiger partial charge in [0.1, 0.15) is 5.69 Å². The molecule has 0 saturated heterocycles. The van der Waals surface area contributed by atoms with Gasteiger partial charge in [0.25, 0.3) is 5.91 Å². The molecule has 6 heteroatoms. The van der Waals surface area contributed by atoms with E-state index in [1.54, 1.807) is 12.5 Å². The number of amides is 1. The van der Waals surface area contributed by atoms with Gasteiger partial charge in [-0.2, -0.15) is 0 Å². The minimum absolute atomic E-state index is 0.160. The van der Waals surface area contributed by atoms with E-state index >= 15 is 0 Å². The molecule has 112 valence electrons. The zero-order chi connectivity index (χ0) is 15.1. The number of hydrogen-bond donors (Lipinski definition) is 2. The summed E-state index contributed by atoms with van der Waals surface area (Å²) in [5.74, 6) is -0.160. The van der Waals surface area contributed by atoms with Crippen molar-refractivity contribution in [3.8, 4) is 0 Å². The summed E-state index contributed by atoms with van der Waals surface area (Å²) in [6.07, 6.45) is 0.705. The molecule has 2 aromatic rings. The molecule has 0 radical (unpaired) electrons. The van der Waals surface area contributed by atoms with Gasteiger partial charge in [-0.15, -0.1) is 11.3 Å². The van der Waals surface area contributed by atoms with E-state index < -0.39 is 0 Å². The Morgan fingerprint density at radius 1 is 1.43 bits per heavy atom. The maximum Gasteiger partial charge on any atom is 0.271 e. The highest BCUT2D eigenvalue weighted by Gasteiger charge is 2.10. The van der Waals surface area contributed by atoms with Gasteiger partial charge in [-0.1, -0.05) is 24.3 Å². The summed E-state index contributed by atoms with van der Waals surface area (Å²) >= 11 is 1.46. The summed E-state index contributed by atoms with van der Waals surface area (Å²) in [5.41, 5.74) is 8.05. The van der Waals surface area contributed by atoms with Crippen LogP contribution in [-0.2, 0) is 24.3 Å². The summed E-state index contributed by atoms with van der Waals surface area (Å²) in [4.78, 5) is 16.3. The number of carbonyl (C=O) groups is 1. The third-order valence-corrected chi connectivity index (χ3v) is 3.81. The SMILES string of the molecule is COCc1cccc(CNC(=O)c2csc(CCN)n2)c1. The lowest BCUT2D eigenvalue weighted by Gasteiger charge is -2.06. The van der Waals surface area contributed by atoms with Crippen molar-refractivity contribution < 1.29 is 9.53 Å².